The average molecular weight is 505 g/mol. The van der Waals surface area contributed by atoms with Crippen molar-refractivity contribution in [3.8, 4) is 0 Å². The van der Waals surface area contributed by atoms with E-state index in [1.54, 1.807) is 0 Å². The third-order valence-corrected chi connectivity index (χ3v) is 11.4. The highest BCUT2D eigenvalue weighted by molar-refractivity contribution is 7.85. The molecule has 4 rings (SSSR count). The van der Waals surface area contributed by atoms with Crippen LogP contribution in [-0.4, -0.2) is 51.2 Å². The van der Waals surface area contributed by atoms with Gasteiger partial charge in [0.25, 0.3) is 0 Å². The lowest BCUT2D eigenvalue weighted by Gasteiger charge is -2.44. The summed E-state index contributed by atoms with van der Waals surface area (Å²) in [7, 11) is -0.695. The van der Waals surface area contributed by atoms with Crippen LogP contribution in [-0.2, 0) is 15.6 Å². The fourth-order valence-electron chi connectivity index (χ4n) is 7.48. The fraction of sp³-hybridized carbons (Fsp3) is 0.900. The molecular formula is C30H52N2O2S. The number of nitrogens with zero attached hydrogens (tertiary/aromatic N) is 1. The summed E-state index contributed by atoms with van der Waals surface area (Å²) in [6.07, 6.45) is 22.2. The van der Waals surface area contributed by atoms with Gasteiger partial charge in [-0.2, -0.15) is 0 Å². The molecule has 3 fully saturated rings. The van der Waals surface area contributed by atoms with Crippen LogP contribution in [0, 0.1) is 17.8 Å². The summed E-state index contributed by atoms with van der Waals surface area (Å²) in [5, 5.41) is 3.73. The second-order valence-electron chi connectivity index (χ2n) is 12.3. The molecule has 1 aliphatic heterocycles. The third-order valence-electron chi connectivity index (χ3n) is 9.57. The van der Waals surface area contributed by atoms with Gasteiger partial charge >= 0.3 is 0 Å². The van der Waals surface area contributed by atoms with E-state index in [9.17, 15) is 9.00 Å². The van der Waals surface area contributed by atoms with E-state index >= 15 is 0 Å². The molecule has 4 aliphatic rings. The lowest BCUT2D eigenvalue weighted by Crippen LogP contribution is -2.47. The Morgan fingerprint density at radius 1 is 0.971 bits per heavy atom. The molecule has 35 heavy (non-hydrogen) atoms. The SMILES string of the molecule is CCS(=O)C1CCC(NC(=O)/C2=C/C3CC(C)CCC3N(CC3CCCCCCC3)CCC2)CC1. The predicted molar refractivity (Wildman–Crippen MR) is 148 cm³/mol. The quantitative estimate of drug-likeness (QED) is 0.457. The van der Waals surface area contributed by atoms with Crippen molar-refractivity contribution in [3.05, 3.63) is 11.6 Å². The Bertz CT molecular complexity index is 722. The minimum Gasteiger partial charge on any atom is -0.350 e. The second kappa shape index (κ2) is 13.7. The van der Waals surface area contributed by atoms with Crippen molar-refractivity contribution >= 4 is 16.7 Å². The highest BCUT2D eigenvalue weighted by Crippen LogP contribution is 2.37. The van der Waals surface area contributed by atoms with E-state index in [4.69, 9.17) is 0 Å². The lowest BCUT2D eigenvalue weighted by atomic mass is 9.75. The molecule has 5 heteroatoms. The number of amides is 1. The summed E-state index contributed by atoms with van der Waals surface area (Å²) in [5.74, 6) is 3.10. The van der Waals surface area contributed by atoms with Gasteiger partial charge in [-0.05, 0) is 94.9 Å². The highest BCUT2D eigenvalue weighted by Gasteiger charge is 2.35. The fourth-order valence-corrected chi connectivity index (χ4v) is 8.75. The summed E-state index contributed by atoms with van der Waals surface area (Å²) >= 11 is 0. The number of carbonyl (C=O) groups excluding carboxylic acids is 1. The minimum atomic E-state index is -0.695. The Morgan fingerprint density at radius 3 is 2.40 bits per heavy atom. The van der Waals surface area contributed by atoms with Crippen molar-refractivity contribution < 1.29 is 9.00 Å². The van der Waals surface area contributed by atoms with Crippen LogP contribution in [0.15, 0.2) is 11.6 Å². The summed E-state index contributed by atoms with van der Waals surface area (Å²) < 4.78 is 12.2. The van der Waals surface area contributed by atoms with Crippen LogP contribution in [0.3, 0.4) is 0 Å². The van der Waals surface area contributed by atoms with E-state index < -0.39 is 10.8 Å². The zero-order valence-corrected chi connectivity index (χ0v) is 23.5. The van der Waals surface area contributed by atoms with Gasteiger partial charge in [-0.15, -0.1) is 0 Å². The molecule has 1 N–H and O–H groups in total. The molecule has 4 unspecified atom stereocenters. The largest absolute Gasteiger partial charge is 0.350 e. The van der Waals surface area contributed by atoms with Gasteiger partial charge in [-0.3, -0.25) is 13.9 Å². The van der Waals surface area contributed by atoms with Crippen LogP contribution < -0.4 is 5.32 Å². The van der Waals surface area contributed by atoms with Crippen molar-refractivity contribution in [3.63, 3.8) is 0 Å². The molecule has 3 aliphatic carbocycles. The molecule has 0 saturated heterocycles. The first-order valence-corrected chi connectivity index (χ1v) is 16.5. The number of carbonyl (C=O) groups is 1. The zero-order valence-electron chi connectivity index (χ0n) is 22.6. The molecule has 1 heterocycles. The number of rotatable bonds is 6. The molecule has 0 radical (unpaired) electrons. The van der Waals surface area contributed by atoms with Crippen molar-refractivity contribution in [1.82, 2.24) is 10.2 Å². The van der Waals surface area contributed by atoms with Gasteiger partial charge in [-0.25, -0.2) is 0 Å². The summed E-state index contributed by atoms with van der Waals surface area (Å²) in [6.45, 7) is 6.86. The van der Waals surface area contributed by atoms with E-state index in [1.165, 1.54) is 70.8 Å². The normalized spacial score (nSPS) is 36.4. The number of fused-ring (bicyclic) bond motifs is 1. The van der Waals surface area contributed by atoms with Crippen LogP contribution in [0.5, 0.6) is 0 Å². The van der Waals surface area contributed by atoms with E-state index in [0.717, 1.165) is 68.2 Å². The molecule has 200 valence electrons. The molecule has 0 aromatic heterocycles. The third kappa shape index (κ3) is 7.90. The van der Waals surface area contributed by atoms with E-state index in [1.807, 2.05) is 6.92 Å². The molecule has 0 bridgehead atoms. The van der Waals surface area contributed by atoms with Crippen LogP contribution >= 0.6 is 0 Å². The summed E-state index contributed by atoms with van der Waals surface area (Å²) in [4.78, 5) is 16.2. The lowest BCUT2D eigenvalue weighted by molar-refractivity contribution is -0.118. The second-order valence-corrected chi connectivity index (χ2v) is 14.3. The average Bonchev–Trinajstić information content (AvgIpc) is 2.83. The topological polar surface area (TPSA) is 49.4 Å². The van der Waals surface area contributed by atoms with Crippen LogP contribution in [0.4, 0.5) is 0 Å². The van der Waals surface area contributed by atoms with Crippen LogP contribution in [0.1, 0.15) is 117 Å². The Hall–Kier alpha value is -0.680. The molecule has 4 nitrogen and oxygen atoms in total. The Morgan fingerprint density at radius 2 is 1.69 bits per heavy atom. The Labute approximate surface area is 217 Å². The van der Waals surface area contributed by atoms with Gasteiger partial charge in [0.2, 0.25) is 5.91 Å². The van der Waals surface area contributed by atoms with Crippen molar-refractivity contribution in [1.29, 1.82) is 0 Å². The van der Waals surface area contributed by atoms with E-state index in [-0.39, 0.29) is 11.9 Å². The molecule has 0 aromatic rings. The van der Waals surface area contributed by atoms with E-state index in [0.29, 0.717) is 17.2 Å². The maximum absolute atomic E-state index is 13.4. The molecule has 1 amide bonds. The molecular weight excluding hydrogens is 452 g/mol. The summed E-state index contributed by atoms with van der Waals surface area (Å²) in [6, 6.07) is 0.884. The van der Waals surface area contributed by atoms with Crippen molar-refractivity contribution in [2.24, 2.45) is 17.8 Å². The summed E-state index contributed by atoms with van der Waals surface area (Å²) in [5.41, 5.74) is 1.05. The first-order valence-electron chi connectivity index (χ1n) is 15.2. The van der Waals surface area contributed by atoms with Crippen molar-refractivity contribution in [2.45, 2.75) is 134 Å². The maximum atomic E-state index is 13.4. The zero-order chi connectivity index (χ0) is 24.6. The Balaban J connectivity index is 1.38. The molecule has 0 aromatic carbocycles. The number of nitrogens with one attached hydrogen (secondary N) is 1. The van der Waals surface area contributed by atoms with Gasteiger partial charge in [0.05, 0.1) is 0 Å². The molecule has 4 atom stereocenters. The monoisotopic (exact) mass is 504 g/mol. The minimum absolute atomic E-state index is 0.190. The van der Waals surface area contributed by atoms with Gasteiger partial charge in [0.15, 0.2) is 0 Å². The van der Waals surface area contributed by atoms with E-state index in [2.05, 4.69) is 23.2 Å². The highest BCUT2D eigenvalue weighted by atomic mass is 32.2. The van der Waals surface area contributed by atoms with Gasteiger partial charge < -0.3 is 5.32 Å². The van der Waals surface area contributed by atoms with Crippen LogP contribution in [0.25, 0.3) is 0 Å². The first kappa shape index (κ1) is 27.4. The molecule has 3 saturated carbocycles. The standard InChI is InChI=1S/C30H52N2O2S/c1-3-35(34)28-16-14-27(15-17-28)31-30(33)25-12-9-19-32(22-24-10-7-5-4-6-8-11-24)29-18-13-23(2)20-26(29)21-25/h21,23-24,26-29H,3-20,22H2,1-2H3,(H,31,33)/b25-21+. The number of hydrogen-bond donors (Lipinski definition) is 1. The van der Waals surface area contributed by atoms with Crippen molar-refractivity contribution in [2.75, 3.05) is 18.8 Å². The first-order chi connectivity index (χ1) is 17.0. The predicted octanol–water partition coefficient (Wildman–Crippen LogP) is 6.37. The van der Waals surface area contributed by atoms with Gasteiger partial charge in [0, 0.05) is 46.0 Å². The number of hydrogen-bond acceptors (Lipinski definition) is 3. The molecule has 0 spiro atoms. The van der Waals surface area contributed by atoms with Gasteiger partial charge in [0.1, 0.15) is 0 Å². The van der Waals surface area contributed by atoms with Gasteiger partial charge in [-0.1, -0.05) is 52.0 Å². The Kier molecular flexibility index (Phi) is 10.7. The maximum Gasteiger partial charge on any atom is 0.247 e. The smallest absolute Gasteiger partial charge is 0.247 e. The van der Waals surface area contributed by atoms with Crippen LogP contribution in [0.2, 0.25) is 0 Å².